The predicted molar refractivity (Wildman–Crippen MR) is 101 cm³/mol. The van der Waals surface area contributed by atoms with E-state index < -0.39 is 10.0 Å². The summed E-state index contributed by atoms with van der Waals surface area (Å²) in [5.41, 5.74) is 1.75. The average Bonchev–Trinajstić information content (AvgIpc) is 3.02. The SMILES string of the molecule is O=S(=O)(Cc1ccccc1Cl)Nc1nnc(CCc2ccccc2)s1. The van der Waals surface area contributed by atoms with Crippen molar-refractivity contribution in [3.63, 3.8) is 0 Å². The van der Waals surface area contributed by atoms with Crippen molar-refractivity contribution in [3.05, 3.63) is 75.8 Å². The van der Waals surface area contributed by atoms with E-state index in [4.69, 9.17) is 11.6 Å². The second-order valence-corrected chi connectivity index (χ2v) is 8.63. The fourth-order valence-corrected chi connectivity index (χ4v) is 4.74. The van der Waals surface area contributed by atoms with Crippen molar-refractivity contribution >= 4 is 38.1 Å². The van der Waals surface area contributed by atoms with Gasteiger partial charge in [-0.3, -0.25) is 4.72 Å². The van der Waals surface area contributed by atoms with Crippen LogP contribution in [-0.4, -0.2) is 18.6 Å². The van der Waals surface area contributed by atoms with Gasteiger partial charge in [-0.1, -0.05) is 71.5 Å². The number of nitrogens with one attached hydrogen (secondary N) is 1. The molecule has 0 saturated carbocycles. The highest BCUT2D eigenvalue weighted by Crippen LogP contribution is 2.22. The largest absolute Gasteiger partial charge is 0.257 e. The lowest BCUT2D eigenvalue weighted by atomic mass is 10.1. The van der Waals surface area contributed by atoms with Gasteiger partial charge in [0.05, 0.1) is 5.75 Å². The average molecular weight is 394 g/mol. The summed E-state index contributed by atoms with van der Waals surface area (Å²) in [5.74, 6) is -0.203. The Balaban J connectivity index is 1.61. The standard InChI is InChI=1S/C17H16ClN3O2S2/c18-15-9-5-4-8-14(15)12-25(22,23)21-17-20-19-16(24-17)11-10-13-6-2-1-3-7-13/h1-9H,10-12H2,(H,20,21). The van der Waals surface area contributed by atoms with E-state index in [1.165, 1.54) is 16.9 Å². The molecule has 1 N–H and O–H groups in total. The maximum absolute atomic E-state index is 12.3. The quantitative estimate of drug-likeness (QED) is 0.660. The highest BCUT2D eigenvalue weighted by atomic mass is 35.5. The molecule has 0 fully saturated rings. The van der Waals surface area contributed by atoms with Gasteiger partial charge in [0.1, 0.15) is 5.01 Å². The van der Waals surface area contributed by atoms with E-state index in [1.807, 2.05) is 30.3 Å². The van der Waals surface area contributed by atoms with Crippen molar-refractivity contribution in [2.45, 2.75) is 18.6 Å². The minimum absolute atomic E-state index is 0.203. The van der Waals surface area contributed by atoms with Crippen molar-refractivity contribution in [1.82, 2.24) is 10.2 Å². The topological polar surface area (TPSA) is 72.0 Å². The van der Waals surface area contributed by atoms with E-state index in [9.17, 15) is 8.42 Å². The third-order valence-corrected chi connectivity index (χ3v) is 6.08. The monoisotopic (exact) mass is 393 g/mol. The number of sulfonamides is 1. The molecule has 0 bridgehead atoms. The number of benzene rings is 2. The lowest BCUT2D eigenvalue weighted by Crippen LogP contribution is -2.15. The Morgan fingerprint density at radius 3 is 2.44 bits per heavy atom. The molecule has 2 aromatic carbocycles. The normalized spacial score (nSPS) is 11.4. The molecule has 0 aliphatic rings. The maximum Gasteiger partial charge on any atom is 0.238 e. The van der Waals surface area contributed by atoms with Crippen molar-refractivity contribution in [1.29, 1.82) is 0 Å². The van der Waals surface area contributed by atoms with Crippen LogP contribution in [0.3, 0.4) is 0 Å². The smallest absolute Gasteiger partial charge is 0.238 e. The highest BCUT2D eigenvalue weighted by molar-refractivity contribution is 7.92. The molecule has 0 spiro atoms. The molecule has 1 heterocycles. The summed E-state index contributed by atoms with van der Waals surface area (Å²) >= 11 is 7.27. The number of aromatic nitrogens is 2. The van der Waals surface area contributed by atoms with Crippen molar-refractivity contribution < 1.29 is 8.42 Å². The molecular formula is C17H16ClN3O2S2. The fourth-order valence-electron chi connectivity index (χ4n) is 2.28. The molecule has 0 unspecified atom stereocenters. The van der Waals surface area contributed by atoms with Crippen LogP contribution in [0.1, 0.15) is 16.1 Å². The molecule has 0 radical (unpaired) electrons. The Morgan fingerprint density at radius 2 is 1.68 bits per heavy atom. The van der Waals surface area contributed by atoms with Gasteiger partial charge < -0.3 is 0 Å². The van der Waals surface area contributed by atoms with Gasteiger partial charge in [0.25, 0.3) is 0 Å². The summed E-state index contributed by atoms with van der Waals surface area (Å²) in [6, 6.07) is 16.9. The lowest BCUT2D eigenvalue weighted by molar-refractivity contribution is 0.600. The van der Waals surface area contributed by atoms with Gasteiger partial charge in [0.15, 0.2) is 0 Å². The molecule has 1 aromatic heterocycles. The number of nitrogens with zero attached hydrogens (tertiary/aromatic N) is 2. The number of anilines is 1. The van der Waals surface area contributed by atoms with E-state index >= 15 is 0 Å². The van der Waals surface area contributed by atoms with Gasteiger partial charge in [-0.15, -0.1) is 10.2 Å². The van der Waals surface area contributed by atoms with Crippen molar-refractivity contribution in [3.8, 4) is 0 Å². The van der Waals surface area contributed by atoms with Crippen LogP contribution in [0.2, 0.25) is 5.02 Å². The number of aryl methyl sites for hydroxylation is 2. The summed E-state index contributed by atoms with van der Waals surface area (Å²) in [5, 5.41) is 9.47. The number of hydrogen-bond acceptors (Lipinski definition) is 5. The van der Waals surface area contributed by atoms with Crippen LogP contribution < -0.4 is 4.72 Å². The van der Waals surface area contributed by atoms with E-state index in [-0.39, 0.29) is 10.9 Å². The number of hydrogen-bond donors (Lipinski definition) is 1. The number of rotatable bonds is 7. The van der Waals surface area contributed by atoms with Gasteiger partial charge in [-0.2, -0.15) is 0 Å². The Morgan fingerprint density at radius 1 is 0.960 bits per heavy atom. The molecule has 8 heteroatoms. The van der Waals surface area contributed by atoms with Crippen molar-refractivity contribution in [2.24, 2.45) is 0 Å². The highest BCUT2D eigenvalue weighted by Gasteiger charge is 2.16. The van der Waals surface area contributed by atoms with E-state index in [1.54, 1.807) is 24.3 Å². The van der Waals surface area contributed by atoms with Crippen LogP contribution >= 0.6 is 22.9 Å². The Bertz CT molecular complexity index is 943. The predicted octanol–water partition coefficient (Wildman–Crippen LogP) is 3.92. The van der Waals surface area contributed by atoms with E-state index in [0.29, 0.717) is 17.0 Å². The zero-order valence-electron chi connectivity index (χ0n) is 13.2. The molecule has 0 aliphatic carbocycles. The first-order valence-electron chi connectivity index (χ1n) is 7.62. The summed E-state index contributed by atoms with van der Waals surface area (Å²) < 4.78 is 27.0. The molecule has 25 heavy (non-hydrogen) atoms. The third kappa shape index (κ3) is 5.26. The van der Waals surface area contributed by atoms with Crippen LogP contribution in [0.25, 0.3) is 0 Å². The Kier molecular flexibility index (Phi) is 5.67. The summed E-state index contributed by atoms with van der Waals surface area (Å²) in [4.78, 5) is 0. The minimum Gasteiger partial charge on any atom is -0.257 e. The first-order chi connectivity index (χ1) is 12.0. The first-order valence-corrected chi connectivity index (χ1v) is 10.5. The second-order valence-electron chi connectivity index (χ2n) is 5.44. The van der Waals surface area contributed by atoms with Crippen LogP contribution in [0.4, 0.5) is 5.13 Å². The first kappa shape index (κ1) is 17.8. The molecule has 3 aromatic rings. The molecule has 0 atom stereocenters. The minimum atomic E-state index is -3.59. The third-order valence-electron chi connectivity index (χ3n) is 3.48. The fraction of sp³-hybridized carbons (Fsp3) is 0.176. The Labute approximate surface area is 155 Å². The molecule has 5 nitrogen and oxygen atoms in total. The lowest BCUT2D eigenvalue weighted by Gasteiger charge is -2.06. The summed E-state index contributed by atoms with van der Waals surface area (Å²) in [6.45, 7) is 0. The Hall–Kier alpha value is -1.96. The zero-order chi connectivity index (χ0) is 17.7. The van der Waals surface area contributed by atoms with Crippen molar-refractivity contribution in [2.75, 3.05) is 4.72 Å². The van der Waals surface area contributed by atoms with Gasteiger partial charge in [-0.05, 0) is 23.6 Å². The molecule has 3 rings (SSSR count). The molecular weight excluding hydrogens is 378 g/mol. The molecule has 130 valence electrons. The van der Waals surface area contributed by atoms with Crippen LogP contribution in [0.5, 0.6) is 0 Å². The van der Waals surface area contributed by atoms with E-state index in [0.717, 1.165) is 11.4 Å². The molecule has 0 amide bonds. The van der Waals surface area contributed by atoms with Gasteiger partial charge in [0.2, 0.25) is 15.2 Å². The van der Waals surface area contributed by atoms with Gasteiger partial charge >= 0.3 is 0 Å². The second kappa shape index (κ2) is 7.95. The van der Waals surface area contributed by atoms with Gasteiger partial charge in [-0.25, -0.2) is 8.42 Å². The van der Waals surface area contributed by atoms with Crippen LogP contribution in [0, 0.1) is 0 Å². The zero-order valence-corrected chi connectivity index (χ0v) is 15.6. The molecule has 0 aliphatic heterocycles. The summed E-state index contributed by atoms with van der Waals surface area (Å²) in [7, 11) is -3.59. The van der Waals surface area contributed by atoms with Gasteiger partial charge in [0, 0.05) is 11.4 Å². The molecule has 0 saturated heterocycles. The summed E-state index contributed by atoms with van der Waals surface area (Å²) in [6.07, 6.45) is 1.55. The van der Waals surface area contributed by atoms with Crippen LogP contribution in [-0.2, 0) is 28.6 Å². The van der Waals surface area contributed by atoms with E-state index in [2.05, 4.69) is 14.9 Å². The maximum atomic E-state index is 12.3. The number of halogens is 1. The van der Waals surface area contributed by atoms with Crippen LogP contribution in [0.15, 0.2) is 54.6 Å².